The third-order valence-electron chi connectivity index (χ3n) is 1.60. The Morgan fingerprint density at radius 1 is 1.09 bits per heavy atom. The molecular weight excluding hydrogens is 142 g/mol. The van der Waals surface area contributed by atoms with E-state index in [9.17, 15) is 5.21 Å². The van der Waals surface area contributed by atoms with Gasteiger partial charge in [0, 0.05) is 5.54 Å². The van der Waals surface area contributed by atoms with Crippen molar-refractivity contribution in [2.24, 2.45) is 0 Å². The molecule has 0 aromatic heterocycles. The van der Waals surface area contributed by atoms with E-state index < -0.39 is 5.54 Å². The van der Waals surface area contributed by atoms with Crippen molar-refractivity contribution < 1.29 is 10.3 Å². The molecule has 0 atom stereocenters. The highest BCUT2D eigenvalue weighted by Crippen LogP contribution is 2.21. The number of hydrogen-bond acceptors (Lipinski definition) is 3. The zero-order valence-corrected chi connectivity index (χ0v) is 8.05. The first-order valence-corrected chi connectivity index (χ1v) is 3.82. The van der Waals surface area contributed by atoms with E-state index in [1.165, 1.54) is 5.06 Å². The van der Waals surface area contributed by atoms with Crippen LogP contribution >= 0.6 is 0 Å². The molecule has 0 aliphatic heterocycles. The molecule has 0 bridgehead atoms. The predicted octanol–water partition coefficient (Wildman–Crippen LogP) is 1.25. The minimum atomic E-state index is -0.571. The van der Waals surface area contributed by atoms with Gasteiger partial charge in [0.2, 0.25) is 0 Å². The zero-order chi connectivity index (χ0) is 9.28. The van der Waals surface area contributed by atoms with Crippen LogP contribution in [0.1, 0.15) is 34.6 Å². The van der Waals surface area contributed by atoms with E-state index in [0.717, 1.165) is 0 Å². The summed E-state index contributed by atoms with van der Waals surface area (Å²) in [6, 6.07) is 0. The highest BCUT2D eigenvalue weighted by atomic mass is 16.5. The molecule has 0 rings (SSSR count). The molecule has 0 saturated heterocycles. The normalized spacial score (nSPS) is 14.2. The molecule has 0 saturated carbocycles. The molecule has 3 heteroatoms. The Hall–Kier alpha value is -0.120. The molecule has 68 valence electrons. The summed E-state index contributed by atoms with van der Waals surface area (Å²) in [5.41, 5.74) is -0.898. The van der Waals surface area contributed by atoms with E-state index in [4.69, 9.17) is 5.11 Å². The van der Waals surface area contributed by atoms with Crippen LogP contribution in [0.2, 0.25) is 0 Å². The van der Waals surface area contributed by atoms with Crippen molar-refractivity contribution in [1.82, 2.24) is 5.06 Å². The van der Waals surface area contributed by atoms with Gasteiger partial charge in [0.1, 0.15) is 0 Å². The molecule has 0 aliphatic rings. The number of hydrogen-bond donors (Lipinski definition) is 2. The Balaban J connectivity index is 4.35. The topological polar surface area (TPSA) is 43.7 Å². The van der Waals surface area contributed by atoms with Crippen LogP contribution in [0, 0.1) is 0 Å². The molecule has 2 N–H and O–H groups in total. The van der Waals surface area contributed by atoms with Crippen LogP contribution in [0.25, 0.3) is 0 Å². The summed E-state index contributed by atoms with van der Waals surface area (Å²) in [6.45, 7) is 9.20. The Labute approximate surface area is 68.6 Å². The Bertz CT molecular complexity index is 127. The van der Waals surface area contributed by atoms with Gasteiger partial charge in [-0.15, -0.1) is 0 Å². The van der Waals surface area contributed by atoms with Crippen molar-refractivity contribution in [2.75, 3.05) is 6.61 Å². The van der Waals surface area contributed by atoms with Crippen LogP contribution in [0.4, 0.5) is 0 Å². The first-order valence-electron chi connectivity index (χ1n) is 3.82. The standard InChI is InChI=1S/C8H19NO2/c1-7(2,3)9(11)8(4,5)6-10/h10-11H,6H2,1-5H3. The van der Waals surface area contributed by atoms with Gasteiger partial charge in [0.25, 0.3) is 0 Å². The van der Waals surface area contributed by atoms with Gasteiger partial charge in [-0.25, -0.2) is 0 Å². The van der Waals surface area contributed by atoms with Gasteiger partial charge < -0.3 is 10.3 Å². The van der Waals surface area contributed by atoms with Crippen LogP contribution in [0.3, 0.4) is 0 Å². The van der Waals surface area contributed by atoms with Gasteiger partial charge >= 0.3 is 0 Å². The average molecular weight is 161 g/mol. The summed E-state index contributed by atoms with van der Waals surface area (Å²) < 4.78 is 0. The van der Waals surface area contributed by atoms with E-state index in [2.05, 4.69) is 0 Å². The molecule has 0 radical (unpaired) electrons. The van der Waals surface area contributed by atoms with Crippen molar-refractivity contribution in [1.29, 1.82) is 0 Å². The van der Waals surface area contributed by atoms with Gasteiger partial charge in [-0.05, 0) is 34.6 Å². The van der Waals surface area contributed by atoms with E-state index in [1.54, 1.807) is 13.8 Å². The van der Waals surface area contributed by atoms with Gasteiger partial charge in [-0.3, -0.25) is 0 Å². The maximum Gasteiger partial charge on any atom is 0.0640 e. The lowest BCUT2D eigenvalue weighted by Gasteiger charge is -2.40. The fraction of sp³-hybridized carbons (Fsp3) is 1.00. The van der Waals surface area contributed by atoms with Crippen LogP contribution < -0.4 is 0 Å². The van der Waals surface area contributed by atoms with Crippen molar-refractivity contribution in [3.8, 4) is 0 Å². The van der Waals surface area contributed by atoms with Crippen LogP contribution in [-0.2, 0) is 0 Å². The van der Waals surface area contributed by atoms with Gasteiger partial charge in [0.05, 0.1) is 12.1 Å². The lowest BCUT2D eigenvalue weighted by molar-refractivity contribution is -0.226. The lowest BCUT2D eigenvalue weighted by atomic mass is 9.99. The minimum Gasteiger partial charge on any atom is -0.394 e. The number of aliphatic hydroxyl groups excluding tert-OH is 1. The minimum absolute atomic E-state index is 0.0548. The summed E-state index contributed by atoms with van der Waals surface area (Å²) >= 11 is 0. The van der Waals surface area contributed by atoms with E-state index in [1.807, 2.05) is 20.8 Å². The summed E-state index contributed by atoms with van der Waals surface area (Å²) in [5, 5.41) is 19.7. The Morgan fingerprint density at radius 2 is 1.45 bits per heavy atom. The van der Waals surface area contributed by atoms with Crippen LogP contribution in [0.5, 0.6) is 0 Å². The lowest BCUT2D eigenvalue weighted by Crippen LogP contribution is -2.53. The van der Waals surface area contributed by atoms with Gasteiger partial charge in [-0.2, -0.15) is 5.06 Å². The zero-order valence-electron chi connectivity index (χ0n) is 8.05. The quantitative estimate of drug-likeness (QED) is 0.599. The SMILES string of the molecule is CC(C)(C)N(O)C(C)(C)CO. The molecule has 0 spiro atoms. The fourth-order valence-electron chi connectivity index (χ4n) is 0.975. The summed E-state index contributed by atoms with van der Waals surface area (Å²) in [5.74, 6) is 0. The first-order chi connectivity index (χ1) is 4.72. The van der Waals surface area contributed by atoms with Crippen molar-refractivity contribution in [3.63, 3.8) is 0 Å². The van der Waals surface area contributed by atoms with E-state index >= 15 is 0 Å². The first kappa shape index (κ1) is 10.9. The third kappa shape index (κ3) is 2.77. The number of aliphatic hydroxyl groups is 1. The second kappa shape index (κ2) is 3.09. The van der Waals surface area contributed by atoms with Gasteiger partial charge in [-0.1, -0.05) is 0 Å². The smallest absolute Gasteiger partial charge is 0.0640 e. The van der Waals surface area contributed by atoms with E-state index in [-0.39, 0.29) is 12.1 Å². The highest BCUT2D eigenvalue weighted by Gasteiger charge is 2.33. The molecular formula is C8H19NO2. The Kier molecular flexibility index (Phi) is 3.06. The summed E-state index contributed by atoms with van der Waals surface area (Å²) in [4.78, 5) is 0. The average Bonchev–Trinajstić information content (AvgIpc) is 1.84. The molecule has 0 heterocycles. The largest absolute Gasteiger partial charge is 0.394 e. The third-order valence-corrected chi connectivity index (χ3v) is 1.60. The van der Waals surface area contributed by atoms with Gasteiger partial charge in [0.15, 0.2) is 0 Å². The number of nitrogens with zero attached hydrogens (tertiary/aromatic N) is 1. The second-order valence-corrected chi connectivity index (χ2v) is 4.45. The van der Waals surface area contributed by atoms with Crippen molar-refractivity contribution >= 4 is 0 Å². The Morgan fingerprint density at radius 3 is 1.55 bits per heavy atom. The number of rotatable bonds is 2. The highest BCUT2D eigenvalue weighted by molar-refractivity contribution is 4.83. The molecule has 0 aromatic carbocycles. The van der Waals surface area contributed by atoms with Crippen molar-refractivity contribution in [3.05, 3.63) is 0 Å². The monoisotopic (exact) mass is 161 g/mol. The molecule has 0 unspecified atom stereocenters. The molecule has 0 amide bonds. The maximum absolute atomic E-state index is 9.59. The molecule has 3 nitrogen and oxygen atoms in total. The predicted molar refractivity (Wildman–Crippen MR) is 44.5 cm³/mol. The molecule has 11 heavy (non-hydrogen) atoms. The van der Waals surface area contributed by atoms with Crippen LogP contribution in [0.15, 0.2) is 0 Å². The summed E-state index contributed by atoms with van der Waals surface area (Å²) in [6.07, 6.45) is 0. The molecule has 0 fully saturated rings. The second-order valence-electron chi connectivity index (χ2n) is 4.45. The molecule has 0 aliphatic carbocycles. The fourth-order valence-corrected chi connectivity index (χ4v) is 0.975. The van der Waals surface area contributed by atoms with Crippen molar-refractivity contribution in [2.45, 2.75) is 45.7 Å². The van der Waals surface area contributed by atoms with E-state index in [0.29, 0.717) is 0 Å². The number of hydroxylamine groups is 2. The summed E-state index contributed by atoms with van der Waals surface area (Å²) in [7, 11) is 0. The molecule has 0 aromatic rings. The maximum atomic E-state index is 9.59. The van der Waals surface area contributed by atoms with Crippen LogP contribution in [-0.4, -0.2) is 33.1 Å².